The fourth-order valence-electron chi connectivity index (χ4n) is 5.32. The van der Waals surface area contributed by atoms with Crippen LogP contribution in [-0.2, 0) is 16.0 Å². The highest BCUT2D eigenvalue weighted by Gasteiger charge is 2.46. The Morgan fingerprint density at radius 1 is 1.11 bits per heavy atom. The number of piperidine rings is 1. The molecular weight excluding hydrogens is 338 g/mol. The summed E-state index contributed by atoms with van der Waals surface area (Å²) in [6.45, 7) is 5.95. The Hall–Kier alpha value is -1.10. The van der Waals surface area contributed by atoms with E-state index in [9.17, 15) is 0 Å². The van der Waals surface area contributed by atoms with Gasteiger partial charge in [0.05, 0.1) is 19.8 Å². The fraction of sp³-hybridized carbons (Fsp3) is 0.739. The topological polar surface area (TPSA) is 30.9 Å². The Balaban J connectivity index is 1.37. The predicted molar refractivity (Wildman–Crippen MR) is 107 cm³/mol. The van der Waals surface area contributed by atoms with Gasteiger partial charge in [-0.1, -0.05) is 25.0 Å². The molecule has 2 atom stereocenters. The molecule has 1 aromatic rings. The summed E-state index contributed by atoms with van der Waals surface area (Å²) in [7, 11) is 1.72. The second-order valence-corrected chi connectivity index (χ2v) is 8.84. The first-order chi connectivity index (χ1) is 13.3. The first-order valence-electron chi connectivity index (χ1n) is 10.8. The van der Waals surface area contributed by atoms with Gasteiger partial charge < -0.3 is 14.2 Å². The third-order valence-corrected chi connectivity index (χ3v) is 6.85. The van der Waals surface area contributed by atoms with E-state index in [-0.39, 0.29) is 5.41 Å². The average molecular weight is 374 g/mol. The summed E-state index contributed by atoms with van der Waals surface area (Å²) < 4.78 is 17.8. The van der Waals surface area contributed by atoms with E-state index in [0.717, 1.165) is 57.5 Å². The number of ether oxygens (including phenoxy) is 3. The Bertz CT molecular complexity index is 584. The van der Waals surface area contributed by atoms with Crippen molar-refractivity contribution in [2.45, 2.75) is 57.6 Å². The van der Waals surface area contributed by atoms with Crippen molar-refractivity contribution >= 4 is 0 Å². The molecule has 4 nitrogen and oxygen atoms in total. The second kappa shape index (κ2) is 8.93. The summed E-state index contributed by atoms with van der Waals surface area (Å²) in [5.41, 5.74) is 1.54. The number of hydrogen-bond acceptors (Lipinski definition) is 4. The number of benzene rings is 1. The van der Waals surface area contributed by atoms with Crippen LogP contribution < -0.4 is 4.74 Å². The van der Waals surface area contributed by atoms with Gasteiger partial charge in [0.25, 0.3) is 0 Å². The smallest absolute Gasteiger partial charge is 0.118 e. The van der Waals surface area contributed by atoms with Crippen LogP contribution in [0.25, 0.3) is 0 Å². The lowest BCUT2D eigenvalue weighted by Gasteiger charge is -2.50. The Kier molecular flexibility index (Phi) is 6.36. The minimum Gasteiger partial charge on any atom is -0.497 e. The molecule has 0 unspecified atom stereocenters. The van der Waals surface area contributed by atoms with E-state index in [1.54, 1.807) is 7.11 Å². The van der Waals surface area contributed by atoms with Crippen LogP contribution >= 0.6 is 0 Å². The van der Waals surface area contributed by atoms with Gasteiger partial charge in [-0.3, -0.25) is 4.90 Å². The maximum Gasteiger partial charge on any atom is 0.118 e. The fourth-order valence-corrected chi connectivity index (χ4v) is 5.32. The van der Waals surface area contributed by atoms with E-state index in [1.165, 1.54) is 44.1 Å². The van der Waals surface area contributed by atoms with Crippen molar-refractivity contribution < 1.29 is 14.2 Å². The van der Waals surface area contributed by atoms with E-state index < -0.39 is 0 Å². The lowest BCUT2D eigenvalue weighted by molar-refractivity contribution is -0.155. The first-order valence-corrected chi connectivity index (χ1v) is 10.8. The molecule has 0 radical (unpaired) electrons. The van der Waals surface area contributed by atoms with Gasteiger partial charge in [-0.25, -0.2) is 0 Å². The molecule has 0 N–H and O–H groups in total. The van der Waals surface area contributed by atoms with Gasteiger partial charge >= 0.3 is 0 Å². The molecule has 2 heterocycles. The summed E-state index contributed by atoms with van der Waals surface area (Å²) in [6.07, 6.45) is 9.40. The number of methoxy groups -OCH3 is 1. The van der Waals surface area contributed by atoms with Gasteiger partial charge in [-0.05, 0) is 55.7 Å². The molecule has 0 aromatic heterocycles. The Morgan fingerprint density at radius 3 is 2.70 bits per heavy atom. The molecular formula is C23H35NO3. The molecule has 0 amide bonds. The monoisotopic (exact) mass is 373 g/mol. The molecule has 0 bridgehead atoms. The maximum absolute atomic E-state index is 6.32. The number of likely N-dealkylation sites (tertiary alicyclic amines) is 1. The highest BCUT2D eigenvalue weighted by molar-refractivity contribution is 5.27. The normalized spacial score (nSPS) is 29.6. The van der Waals surface area contributed by atoms with E-state index in [0.29, 0.717) is 6.10 Å². The molecule has 0 spiro atoms. The van der Waals surface area contributed by atoms with Crippen LogP contribution in [-0.4, -0.2) is 51.0 Å². The van der Waals surface area contributed by atoms with Gasteiger partial charge in [-0.2, -0.15) is 0 Å². The first kappa shape index (κ1) is 19.2. The molecule has 27 heavy (non-hydrogen) atoms. The highest BCUT2D eigenvalue weighted by Crippen LogP contribution is 2.41. The zero-order valence-corrected chi connectivity index (χ0v) is 16.8. The van der Waals surface area contributed by atoms with Crippen LogP contribution in [0.1, 0.15) is 50.5 Å². The lowest BCUT2D eigenvalue weighted by atomic mass is 9.73. The van der Waals surface area contributed by atoms with E-state index in [1.807, 2.05) is 0 Å². The van der Waals surface area contributed by atoms with Crippen molar-refractivity contribution in [3.05, 3.63) is 29.8 Å². The molecule has 1 aliphatic carbocycles. The SMILES string of the molecule is COc1ccc(CN2CC[C@@H]3OCCC[C@]3(COCC3CCCC3)C2)cc1. The van der Waals surface area contributed by atoms with Crippen molar-refractivity contribution in [3.63, 3.8) is 0 Å². The zero-order valence-electron chi connectivity index (χ0n) is 16.8. The summed E-state index contributed by atoms with van der Waals surface area (Å²) >= 11 is 0. The summed E-state index contributed by atoms with van der Waals surface area (Å²) in [4.78, 5) is 2.60. The molecule has 3 fully saturated rings. The molecule has 4 heteroatoms. The molecule has 1 aromatic carbocycles. The largest absolute Gasteiger partial charge is 0.497 e. The van der Waals surface area contributed by atoms with Gasteiger partial charge in [0.15, 0.2) is 0 Å². The standard InChI is InChI=1S/C23H35NO3/c1-25-21-9-7-19(8-10-21)15-24-13-11-22-23(17-24,12-4-14-27-22)18-26-16-20-5-2-3-6-20/h7-10,20,22H,2-6,11-18H2,1H3/t22-,23+/m0/s1. The third-order valence-electron chi connectivity index (χ3n) is 6.85. The van der Waals surface area contributed by atoms with E-state index in [2.05, 4.69) is 29.2 Å². The minimum absolute atomic E-state index is 0.182. The molecule has 4 rings (SSSR count). The quantitative estimate of drug-likeness (QED) is 0.714. The number of hydrogen-bond donors (Lipinski definition) is 0. The Morgan fingerprint density at radius 2 is 1.93 bits per heavy atom. The summed E-state index contributed by atoms with van der Waals surface area (Å²) in [5.74, 6) is 1.72. The van der Waals surface area contributed by atoms with Crippen molar-refractivity contribution in [3.8, 4) is 5.75 Å². The lowest BCUT2D eigenvalue weighted by Crippen LogP contribution is -2.56. The number of fused-ring (bicyclic) bond motifs is 1. The predicted octanol–water partition coefficient (Wildman–Crippen LogP) is 4.27. The molecule has 150 valence electrons. The van der Waals surface area contributed by atoms with Gasteiger partial charge in [0.2, 0.25) is 0 Å². The van der Waals surface area contributed by atoms with Crippen LogP contribution in [0.15, 0.2) is 24.3 Å². The Labute approximate surface area is 164 Å². The third kappa shape index (κ3) is 4.67. The van der Waals surface area contributed by atoms with Crippen molar-refractivity contribution in [1.82, 2.24) is 4.90 Å². The minimum atomic E-state index is 0.182. The van der Waals surface area contributed by atoms with Crippen molar-refractivity contribution in [2.75, 3.05) is 40.0 Å². The van der Waals surface area contributed by atoms with Crippen LogP contribution in [0.2, 0.25) is 0 Å². The van der Waals surface area contributed by atoms with Crippen molar-refractivity contribution in [2.24, 2.45) is 11.3 Å². The molecule has 2 aliphatic heterocycles. The van der Waals surface area contributed by atoms with Gasteiger partial charge in [-0.15, -0.1) is 0 Å². The van der Waals surface area contributed by atoms with Gasteiger partial charge in [0, 0.05) is 38.3 Å². The summed E-state index contributed by atoms with van der Waals surface area (Å²) in [6, 6.07) is 8.50. The van der Waals surface area contributed by atoms with Crippen LogP contribution in [0.5, 0.6) is 5.75 Å². The average Bonchev–Trinajstić information content (AvgIpc) is 3.22. The highest BCUT2D eigenvalue weighted by atomic mass is 16.5. The number of rotatable bonds is 7. The number of nitrogens with zero attached hydrogens (tertiary/aromatic N) is 1. The summed E-state index contributed by atoms with van der Waals surface area (Å²) in [5, 5.41) is 0. The molecule has 2 saturated heterocycles. The maximum atomic E-state index is 6.32. The second-order valence-electron chi connectivity index (χ2n) is 8.84. The molecule has 3 aliphatic rings. The van der Waals surface area contributed by atoms with Crippen LogP contribution in [0.4, 0.5) is 0 Å². The van der Waals surface area contributed by atoms with Crippen molar-refractivity contribution in [1.29, 1.82) is 0 Å². The van der Waals surface area contributed by atoms with Crippen LogP contribution in [0, 0.1) is 11.3 Å². The van der Waals surface area contributed by atoms with Gasteiger partial charge in [0.1, 0.15) is 5.75 Å². The van der Waals surface area contributed by atoms with E-state index in [4.69, 9.17) is 14.2 Å². The van der Waals surface area contributed by atoms with Crippen LogP contribution in [0.3, 0.4) is 0 Å². The van der Waals surface area contributed by atoms with E-state index >= 15 is 0 Å². The zero-order chi connectivity index (χ0) is 18.5. The molecule has 1 saturated carbocycles.